The highest BCUT2D eigenvalue weighted by molar-refractivity contribution is 5.08. The fourth-order valence-electron chi connectivity index (χ4n) is 2.40. The van der Waals surface area contributed by atoms with Crippen LogP contribution in [-0.4, -0.2) is 12.0 Å². The van der Waals surface area contributed by atoms with E-state index in [1.807, 2.05) is 19.3 Å². The van der Waals surface area contributed by atoms with Gasteiger partial charge in [-0.05, 0) is 50.3 Å². The summed E-state index contributed by atoms with van der Waals surface area (Å²) in [5, 5.41) is 3.36. The van der Waals surface area contributed by atoms with Crippen molar-refractivity contribution < 1.29 is 0 Å². The average molecular weight is 234 g/mol. The Morgan fingerprint density at radius 1 is 1.18 bits per heavy atom. The van der Waals surface area contributed by atoms with E-state index in [0.717, 1.165) is 17.5 Å². The normalized spacial score (nSPS) is 14.9. The molecule has 0 radical (unpaired) electrons. The molecule has 0 aliphatic rings. The molecule has 17 heavy (non-hydrogen) atoms. The molecule has 2 nitrogen and oxygen atoms in total. The third-order valence-corrected chi connectivity index (χ3v) is 3.22. The van der Waals surface area contributed by atoms with Gasteiger partial charge in [0.15, 0.2) is 0 Å². The highest BCUT2D eigenvalue weighted by Gasteiger charge is 2.12. The average Bonchev–Trinajstić information content (AvgIpc) is 2.30. The van der Waals surface area contributed by atoms with Crippen LogP contribution in [0.15, 0.2) is 24.4 Å². The first kappa shape index (κ1) is 14.2. The third-order valence-electron chi connectivity index (χ3n) is 3.22. The standard InChI is InChI=1S/C15H26N2/c1-12(2)11-13(3)8-9-14(16-4)15-7-5-6-10-17-15/h5-7,10,12-14,16H,8-9,11H2,1-4H3. The molecule has 0 amide bonds. The summed E-state index contributed by atoms with van der Waals surface area (Å²) in [4.78, 5) is 4.43. The largest absolute Gasteiger partial charge is 0.312 e. The van der Waals surface area contributed by atoms with Crippen molar-refractivity contribution in [2.75, 3.05) is 7.05 Å². The Balaban J connectivity index is 2.43. The van der Waals surface area contributed by atoms with E-state index >= 15 is 0 Å². The molecule has 96 valence electrons. The molecule has 1 heterocycles. The van der Waals surface area contributed by atoms with Crippen molar-refractivity contribution in [2.45, 2.75) is 46.1 Å². The molecule has 2 unspecified atom stereocenters. The Hall–Kier alpha value is -0.890. The minimum absolute atomic E-state index is 0.394. The summed E-state index contributed by atoms with van der Waals surface area (Å²) in [5.74, 6) is 1.60. The Morgan fingerprint density at radius 2 is 1.94 bits per heavy atom. The van der Waals surface area contributed by atoms with Crippen LogP contribution in [0.1, 0.15) is 51.8 Å². The summed E-state index contributed by atoms with van der Waals surface area (Å²) in [6, 6.07) is 6.53. The van der Waals surface area contributed by atoms with Crippen LogP contribution >= 0.6 is 0 Å². The van der Waals surface area contributed by atoms with Gasteiger partial charge >= 0.3 is 0 Å². The van der Waals surface area contributed by atoms with Crippen molar-refractivity contribution in [3.8, 4) is 0 Å². The maximum atomic E-state index is 4.43. The van der Waals surface area contributed by atoms with E-state index < -0.39 is 0 Å². The summed E-state index contributed by atoms with van der Waals surface area (Å²) >= 11 is 0. The monoisotopic (exact) mass is 234 g/mol. The fourth-order valence-corrected chi connectivity index (χ4v) is 2.40. The number of nitrogens with one attached hydrogen (secondary N) is 1. The van der Waals surface area contributed by atoms with E-state index in [0.29, 0.717) is 6.04 Å². The van der Waals surface area contributed by atoms with Gasteiger partial charge in [-0.15, -0.1) is 0 Å². The second kappa shape index (κ2) is 7.44. The first-order chi connectivity index (χ1) is 8.13. The first-order valence-electron chi connectivity index (χ1n) is 6.71. The first-order valence-corrected chi connectivity index (χ1v) is 6.71. The lowest BCUT2D eigenvalue weighted by Gasteiger charge is -2.19. The van der Waals surface area contributed by atoms with E-state index in [2.05, 4.69) is 43.2 Å². The van der Waals surface area contributed by atoms with Crippen molar-refractivity contribution in [2.24, 2.45) is 11.8 Å². The molecule has 1 aromatic heterocycles. The highest BCUT2D eigenvalue weighted by Crippen LogP contribution is 2.22. The van der Waals surface area contributed by atoms with Crippen molar-refractivity contribution in [1.29, 1.82) is 0 Å². The molecule has 2 heteroatoms. The highest BCUT2D eigenvalue weighted by atomic mass is 14.9. The van der Waals surface area contributed by atoms with E-state index in [1.54, 1.807) is 0 Å². The van der Waals surface area contributed by atoms with Crippen molar-refractivity contribution in [3.63, 3.8) is 0 Å². The van der Waals surface area contributed by atoms with Crippen LogP contribution in [0.25, 0.3) is 0 Å². The van der Waals surface area contributed by atoms with Crippen LogP contribution in [0.3, 0.4) is 0 Å². The number of aromatic nitrogens is 1. The quantitative estimate of drug-likeness (QED) is 0.776. The molecule has 1 N–H and O–H groups in total. The molecule has 1 rings (SSSR count). The van der Waals surface area contributed by atoms with Gasteiger partial charge in [-0.3, -0.25) is 4.98 Å². The Bertz CT molecular complexity index is 295. The Labute approximate surface area is 106 Å². The molecule has 0 fully saturated rings. The number of pyridine rings is 1. The van der Waals surface area contributed by atoms with Crippen LogP contribution in [0.4, 0.5) is 0 Å². The van der Waals surface area contributed by atoms with Gasteiger partial charge in [0.2, 0.25) is 0 Å². The second-order valence-electron chi connectivity index (χ2n) is 5.41. The maximum absolute atomic E-state index is 4.43. The summed E-state index contributed by atoms with van der Waals surface area (Å²) in [7, 11) is 2.02. The zero-order valence-electron chi connectivity index (χ0n) is 11.6. The van der Waals surface area contributed by atoms with Crippen LogP contribution in [0.5, 0.6) is 0 Å². The number of hydrogen-bond donors (Lipinski definition) is 1. The van der Waals surface area contributed by atoms with Gasteiger partial charge in [-0.25, -0.2) is 0 Å². The van der Waals surface area contributed by atoms with Crippen LogP contribution in [0, 0.1) is 11.8 Å². The van der Waals surface area contributed by atoms with E-state index in [9.17, 15) is 0 Å². The number of nitrogens with zero attached hydrogens (tertiary/aromatic N) is 1. The molecule has 0 saturated carbocycles. The number of rotatable bonds is 7. The predicted octanol–water partition coefficient (Wildman–Crippen LogP) is 3.80. The molecule has 0 aliphatic heterocycles. The summed E-state index contributed by atoms with van der Waals surface area (Å²) in [5.41, 5.74) is 1.16. The molecule has 2 atom stereocenters. The lowest BCUT2D eigenvalue weighted by atomic mass is 9.92. The van der Waals surface area contributed by atoms with Crippen molar-refractivity contribution in [3.05, 3.63) is 30.1 Å². The van der Waals surface area contributed by atoms with Crippen molar-refractivity contribution >= 4 is 0 Å². The van der Waals surface area contributed by atoms with Crippen molar-refractivity contribution in [1.82, 2.24) is 10.3 Å². The lowest BCUT2D eigenvalue weighted by molar-refractivity contribution is 0.377. The minimum atomic E-state index is 0.394. The van der Waals surface area contributed by atoms with Gasteiger partial charge in [-0.2, -0.15) is 0 Å². The van der Waals surface area contributed by atoms with Gasteiger partial charge in [-0.1, -0.05) is 26.8 Å². The molecule has 1 aromatic rings. The molecular weight excluding hydrogens is 208 g/mol. The van der Waals surface area contributed by atoms with Gasteiger partial charge < -0.3 is 5.32 Å². The van der Waals surface area contributed by atoms with E-state index in [1.165, 1.54) is 19.3 Å². The molecule has 0 aliphatic carbocycles. The zero-order chi connectivity index (χ0) is 12.7. The zero-order valence-corrected chi connectivity index (χ0v) is 11.6. The minimum Gasteiger partial charge on any atom is -0.312 e. The molecule has 0 bridgehead atoms. The van der Waals surface area contributed by atoms with Gasteiger partial charge in [0.05, 0.1) is 5.69 Å². The van der Waals surface area contributed by atoms with Gasteiger partial charge in [0, 0.05) is 12.2 Å². The van der Waals surface area contributed by atoms with Crippen LogP contribution in [0.2, 0.25) is 0 Å². The third kappa shape index (κ3) is 5.31. The summed E-state index contributed by atoms with van der Waals surface area (Å²) in [6.07, 6.45) is 5.62. The summed E-state index contributed by atoms with van der Waals surface area (Å²) < 4.78 is 0. The smallest absolute Gasteiger partial charge is 0.0573 e. The van der Waals surface area contributed by atoms with Crippen LogP contribution in [-0.2, 0) is 0 Å². The topological polar surface area (TPSA) is 24.9 Å². The van der Waals surface area contributed by atoms with E-state index in [-0.39, 0.29) is 0 Å². The Kier molecular flexibility index (Phi) is 6.20. The van der Waals surface area contributed by atoms with Gasteiger partial charge in [0.25, 0.3) is 0 Å². The molecular formula is C15H26N2. The van der Waals surface area contributed by atoms with E-state index in [4.69, 9.17) is 0 Å². The molecule has 0 aromatic carbocycles. The van der Waals surface area contributed by atoms with Gasteiger partial charge in [0.1, 0.15) is 0 Å². The lowest BCUT2D eigenvalue weighted by Crippen LogP contribution is -2.18. The molecule has 0 spiro atoms. The summed E-state index contributed by atoms with van der Waals surface area (Å²) in [6.45, 7) is 6.95. The molecule has 0 saturated heterocycles. The second-order valence-corrected chi connectivity index (χ2v) is 5.41. The van der Waals surface area contributed by atoms with Crippen LogP contribution < -0.4 is 5.32 Å². The Morgan fingerprint density at radius 3 is 2.47 bits per heavy atom. The number of hydrogen-bond acceptors (Lipinski definition) is 2. The maximum Gasteiger partial charge on any atom is 0.0573 e. The predicted molar refractivity (Wildman–Crippen MR) is 73.9 cm³/mol. The SMILES string of the molecule is CNC(CCC(C)CC(C)C)c1ccccn1. The fraction of sp³-hybridized carbons (Fsp3) is 0.667.